The van der Waals surface area contributed by atoms with Crippen molar-refractivity contribution in [1.82, 2.24) is 9.78 Å². The fraction of sp³-hybridized carbons (Fsp3) is 0.333. The van der Waals surface area contributed by atoms with E-state index in [-0.39, 0.29) is 0 Å². The minimum absolute atomic E-state index is 0.593. The van der Waals surface area contributed by atoms with Gasteiger partial charge in [0.25, 0.3) is 0 Å². The van der Waals surface area contributed by atoms with Crippen molar-refractivity contribution in [3.05, 3.63) is 46.2 Å². The first kappa shape index (κ1) is 14.4. The third-order valence-corrected chi connectivity index (χ3v) is 3.46. The highest BCUT2D eigenvalue weighted by Gasteiger charge is 2.07. The van der Waals surface area contributed by atoms with Crippen LogP contribution >= 0.6 is 11.6 Å². The third-order valence-electron chi connectivity index (χ3n) is 3.13. The third kappa shape index (κ3) is 3.12. The lowest BCUT2D eigenvalue weighted by molar-refractivity contribution is 0.619. The number of hydrogen-bond acceptors (Lipinski definition) is 3. The van der Waals surface area contributed by atoms with Gasteiger partial charge in [-0.15, -0.1) is 0 Å². The molecule has 0 fully saturated rings. The molecule has 0 unspecified atom stereocenters. The number of halogens is 1. The van der Waals surface area contributed by atoms with Crippen molar-refractivity contribution in [2.45, 2.75) is 33.4 Å². The van der Waals surface area contributed by atoms with E-state index in [0.29, 0.717) is 17.1 Å². The largest absolute Gasteiger partial charge is 0.378 e. The van der Waals surface area contributed by atoms with Crippen LogP contribution in [0.2, 0.25) is 5.02 Å². The molecular weight excluding hydrogens is 272 g/mol. The van der Waals surface area contributed by atoms with Gasteiger partial charge in [0.15, 0.2) is 0 Å². The molecule has 0 aliphatic heterocycles. The number of nitrogens with zero attached hydrogens (tertiary/aromatic N) is 3. The molecule has 1 heterocycles. The molecule has 1 aromatic carbocycles. The van der Waals surface area contributed by atoms with Crippen molar-refractivity contribution >= 4 is 17.3 Å². The van der Waals surface area contributed by atoms with Crippen molar-refractivity contribution in [1.29, 1.82) is 5.26 Å². The average molecular weight is 289 g/mol. The van der Waals surface area contributed by atoms with Gasteiger partial charge in [0.05, 0.1) is 40.3 Å². The second kappa shape index (κ2) is 6.44. The van der Waals surface area contributed by atoms with E-state index in [9.17, 15) is 0 Å². The van der Waals surface area contributed by atoms with Gasteiger partial charge in [0.1, 0.15) is 0 Å². The minimum Gasteiger partial charge on any atom is -0.378 e. The van der Waals surface area contributed by atoms with Crippen LogP contribution in [0.15, 0.2) is 24.3 Å². The maximum atomic E-state index is 8.92. The van der Waals surface area contributed by atoms with E-state index in [2.05, 4.69) is 36.4 Å². The van der Waals surface area contributed by atoms with Crippen LogP contribution in [0.25, 0.3) is 0 Å². The number of aryl methyl sites for hydroxylation is 2. The van der Waals surface area contributed by atoms with E-state index in [4.69, 9.17) is 16.9 Å². The highest BCUT2D eigenvalue weighted by atomic mass is 35.5. The molecular formula is C15H17ClN4. The van der Waals surface area contributed by atoms with Crippen molar-refractivity contribution < 1.29 is 0 Å². The molecule has 0 atom stereocenters. The second-order valence-corrected chi connectivity index (χ2v) is 4.86. The van der Waals surface area contributed by atoms with Crippen LogP contribution < -0.4 is 5.32 Å². The summed E-state index contributed by atoms with van der Waals surface area (Å²) in [4.78, 5) is 0. The molecule has 0 radical (unpaired) electrons. The summed E-state index contributed by atoms with van der Waals surface area (Å²) in [5, 5.41) is 17.3. The van der Waals surface area contributed by atoms with Crippen molar-refractivity contribution in [3.8, 4) is 6.07 Å². The van der Waals surface area contributed by atoms with Gasteiger partial charge >= 0.3 is 0 Å². The molecule has 0 spiro atoms. The normalized spacial score (nSPS) is 10.3. The molecule has 2 rings (SSSR count). The first-order valence-corrected chi connectivity index (χ1v) is 7.04. The summed E-state index contributed by atoms with van der Waals surface area (Å²) in [6.45, 7) is 5.63. The zero-order valence-corrected chi connectivity index (χ0v) is 12.4. The lowest BCUT2D eigenvalue weighted by atomic mass is 10.2. The summed E-state index contributed by atoms with van der Waals surface area (Å²) in [7, 11) is 0. The monoisotopic (exact) mass is 288 g/mol. The van der Waals surface area contributed by atoms with Gasteiger partial charge in [-0.3, -0.25) is 4.68 Å². The van der Waals surface area contributed by atoms with Gasteiger partial charge < -0.3 is 5.32 Å². The van der Waals surface area contributed by atoms with Crippen LogP contribution in [-0.2, 0) is 19.5 Å². The Balaban J connectivity index is 2.16. The lowest BCUT2D eigenvalue weighted by Gasteiger charge is -2.09. The Hall–Kier alpha value is -1.99. The van der Waals surface area contributed by atoms with Gasteiger partial charge in [-0.25, -0.2) is 0 Å². The lowest BCUT2D eigenvalue weighted by Crippen LogP contribution is -2.08. The van der Waals surface area contributed by atoms with Gasteiger partial charge in [-0.1, -0.05) is 18.5 Å². The van der Waals surface area contributed by atoms with Gasteiger partial charge in [-0.05, 0) is 37.6 Å². The van der Waals surface area contributed by atoms with Crippen molar-refractivity contribution in [3.63, 3.8) is 0 Å². The Labute approximate surface area is 124 Å². The smallest absolute Gasteiger partial charge is 0.0992 e. The van der Waals surface area contributed by atoms with Crippen molar-refractivity contribution in [2.24, 2.45) is 0 Å². The van der Waals surface area contributed by atoms with E-state index in [0.717, 1.165) is 30.0 Å². The Morgan fingerprint density at radius 3 is 2.80 bits per heavy atom. The Kier molecular flexibility index (Phi) is 4.65. The molecule has 5 heteroatoms. The summed E-state index contributed by atoms with van der Waals surface area (Å²) in [6.07, 6.45) is 0.921. The van der Waals surface area contributed by atoms with E-state index in [1.54, 1.807) is 18.2 Å². The summed E-state index contributed by atoms with van der Waals surface area (Å²) < 4.78 is 1.98. The summed E-state index contributed by atoms with van der Waals surface area (Å²) in [6, 6.07) is 9.41. The second-order valence-electron chi connectivity index (χ2n) is 4.46. The SMILES string of the molecule is CCc1cc(CNc2cc(C#N)ccc2Cl)n(CC)n1. The van der Waals surface area contributed by atoms with Crippen LogP contribution in [-0.4, -0.2) is 9.78 Å². The van der Waals surface area contributed by atoms with Crippen LogP contribution in [0, 0.1) is 11.3 Å². The zero-order chi connectivity index (χ0) is 14.5. The standard InChI is InChI=1S/C15H17ClN4/c1-3-12-8-13(20(4-2)19-12)10-18-15-7-11(9-17)5-6-14(15)16/h5-8,18H,3-4,10H2,1-2H3. The van der Waals surface area contributed by atoms with E-state index in [1.165, 1.54) is 0 Å². The van der Waals surface area contributed by atoms with Crippen LogP contribution in [0.4, 0.5) is 5.69 Å². The van der Waals surface area contributed by atoms with Gasteiger partial charge in [-0.2, -0.15) is 10.4 Å². The van der Waals surface area contributed by atoms with E-state index >= 15 is 0 Å². The van der Waals surface area contributed by atoms with E-state index < -0.39 is 0 Å². The Bertz CT molecular complexity index is 640. The molecule has 104 valence electrons. The molecule has 0 aliphatic rings. The first-order valence-electron chi connectivity index (χ1n) is 6.67. The number of hydrogen-bond donors (Lipinski definition) is 1. The molecule has 0 bridgehead atoms. The van der Waals surface area contributed by atoms with E-state index in [1.807, 2.05) is 4.68 Å². The molecule has 20 heavy (non-hydrogen) atoms. The average Bonchev–Trinajstić information content (AvgIpc) is 2.89. The number of rotatable bonds is 5. The maximum absolute atomic E-state index is 8.92. The highest BCUT2D eigenvalue weighted by molar-refractivity contribution is 6.33. The summed E-state index contributed by atoms with van der Waals surface area (Å²) >= 11 is 6.13. The Morgan fingerprint density at radius 2 is 2.15 bits per heavy atom. The van der Waals surface area contributed by atoms with Crippen LogP contribution in [0.1, 0.15) is 30.8 Å². The van der Waals surface area contributed by atoms with Crippen LogP contribution in [0.5, 0.6) is 0 Å². The molecule has 1 aromatic heterocycles. The quantitative estimate of drug-likeness (QED) is 0.914. The van der Waals surface area contributed by atoms with Gasteiger partial charge in [0.2, 0.25) is 0 Å². The minimum atomic E-state index is 0.593. The van der Waals surface area contributed by atoms with Crippen molar-refractivity contribution in [2.75, 3.05) is 5.32 Å². The predicted octanol–water partition coefficient (Wildman–Crippen LogP) is 3.60. The zero-order valence-electron chi connectivity index (χ0n) is 11.7. The number of anilines is 1. The van der Waals surface area contributed by atoms with Crippen LogP contribution in [0.3, 0.4) is 0 Å². The number of benzene rings is 1. The molecule has 0 saturated heterocycles. The summed E-state index contributed by atoms with van der Waals surface area (Å²) in [5.74, 6) is 0. The van der Waals surface area contributed by atoms with Gasteiger partial charge in [0, 0.05) is 6.54 Å². The predicted molar refractivity (Wildman–Crippen MR) is 80.8 cm³/mol. The molecule has 1 N–H and O–H groups in total. The fourth-order valence-electron chi connectivity index (χ4n) is 2.02. The topological polar surface area (TPSA) is 53.6 Å². The fourth-order valence-corrected chi connectivity index (χ4v) is 2.20. The highest BCUT2D eigenvalue weighted by Crippen LogP contribution is 2.23. The number of nitrogens with one attached hydrogen (secondary N) is 1. The Morgan fingerprint density at radius 1 is 1.35 bits per heavy atom. The molecule has 0 amide bonds. The molecule has 4 nitrogen and oxygen atoms in total. The number of aromatic nitrogens is 2. The maximum Gasteiger partial charge on any atom is 0.0992 e. The number of nitriles is 1. The first-order chi connectivity index (χ1) is 9.67. The molecule has 2 aromatic rings. The summed E-state index contributed by atoms with van der Waals surface area (Å²) in [5.41, 5.74) is 3.56. The molecule has 0 saturated carbocycles. The molecule has 0 aliphatic carbocycles.